The Kier molecular flexibility index (Phi) is 7.24. The lowest BCUT2D eigenvalue weighted by molar-refractivity contribution is -0.136. The molecule has 0 unspecified atom stereocenters. The van der Waals surface area contributed by atoms with Gasteiger partial charge in [-0.15, -0.1) is 0 Å². The molecule has 0 spiro atoms. The molecule has 5 heteroatoms. The van der Waals surface area contributed by atoms with Crippen LogP contribution in [0, 0.1) is 0 Å². The highest BCUT2D eigenvalue weighted by molar-refractivity contribution is 6.39. The molecule has 0 aromatic heterocycles. The van der Waals surface area contributed by atoms with E-state index in [4.69, 9.17) is 4.74 Å². The van der Waals surface area contributed by atoms with Gasteiger partial charge in [0.25, 0.3) is 0 Å². The number of rotatable bonds is 7. The topological polar surface area (TPSA) is 67.4 Å². The van der Waals surface area contributed by atoms with Crippen molar-refractivity contribution in [3.05, 3.63) is 71.8 Å². The van der Waals surface area contributed by atoms with Gasteiger partial charge in [-0.05, 0) is 61.9 Å². The highest BCUT2D eigenvalue weighted by Gasteiger charge is 2.13. The summed E-state index contributed by atoms with van der Waals surface area (Å²) in [6, 6.07) is 16.9. The molecule has 0 radical (unpaired) electrons. The molecule has 3 rings (SSSR count). The maximum absolute atomic E-state index is 12.0. The molecule has 0 saturated heterocycles. The summed E-state index contributed by atoms with van der Waals surface area (Å²) in [6.45, 7) is 0.968. The van der Waals surface area contributed by atoms with Crippen LogP contribution in [-0.4, -0.2) is 18.4 Å². The highest BCUT2D eigenvalue weighted by atomic mass is 16.5. The van der Waals surface area contributed by atoms with Gasteiger partial charge in [0, 0.05) is 12.2 Å². The number of ether oxygens (including phenoxy) is 1. The summed E-state index contributed by atoms with van der Waals surface area (Å²) in [5, 5.41) is 5.29. The lowest BCUT2D eigenvalue weighted by Crippen LogP contribution is -2.36. The van der Waals surface area contributed by atoms with Crippen molar-refractivity contribution < 1.29 is 14.3 Å². The third-order valence-electron chi connectivity index (χ3n) is 4.68. The molecule has 0 aliphatic heterocycles. The van der Waals surface area contributed by atoms with Crippen molar-refractivity contribution in [2.75, 3.05) is 11.9 Å². The van der Waals surface area contributed by atoms with Crippen LogP contribution >= 0.6 is 0 Å². The number of amides is 2. The number of anilines is 1. The van der Waals surface area contributed by atoms with Gasteiger partial charge in [0.05, 0.1) is 0 Å². The van der Waals surface area contributed by atoms with E-state index in [1.807, 2.05) is 30.3 Å². The van der Waals surface area contributed by atoms with Crippen molar-refractivity contribution in [1.29, 1.82) is 0 Å². The van der Waals surface area contributed by atoms with E-state index in [-0.39, 0.29) is 0 Å². The molecular weight excluding hydrogens is 352 g/mol. The molecule has 2 amide bonds. The average Bonchev–Trinajstić information content (AvgIpc) is 2.74. The van der Waals surface area contributed by atoms with E-state index in [2.05, 4.69) is 16.7 Å². The lowest BCUT2D eigenvalue weighted by Gasteiger charge is -2.13. The van der Waals surface area contributed by atoms with Crippen molar-refractivity contribution in [2.24, 2.45) is 0 Å². The van der Waals surface area contributed by atoms with E-state index in [1.165, 1.54) is 18.4 Å². The molecule has 2 aromatic rings. The first-order valence-corrected chi connectivity index (χ1v) is 9.74. The second kappa shape index (κ2) is 10.3. The van der Waals surface area contributed by atoms with E-state index in [1.54, 1.807) is 24.3 Å². The quantitative estimate of drug-likeness (QED) is 0.560. The molecular formula is C23H26N2O3. The molecule has 0 saturated carbocycles. The zero-order valence-electron chi connectivity index (χ0n) is 15.9. The monoisotopic (exact) mass is 378 g/mol. The molecule has 1 aliphatic carbocycles. The van der Waals surface area contributed by atoms with Gasteiger partial charge >= 0.3 is 11.8 Å². The number of allylic oxidation sites excluding steroid dienone is 1. The number of benzene rings is 2. The summed E-state index contributed by atoms with van der Waals surface area (Å²) in [5.74, 6) is -0.566. The van der Waals surface area contributed by atoms with Crippen LogP contribution in [-0.2, 0) is 16.2 Å². The Morgan fingerprint density at radius 3 is 2.43 bits per heavy atom. The zero-order valence-corrected chi connectivity index (χ0v) is 15.9. The van der Waals surface area contributed by atoms with Gasteiger partial charge in [0.15, 0.2) is 0 Å². The SMILES string of the molecule is O=C(NCCC1=CCCCC1)C(=O)Nc1ccc(OCc2ccccc2)cc1. The Balaban J connectivity index is 1.40. The standard InChI is InChI=1S/C23H26N2O3/c26-22(24-16-15-18-7-3-1-4-8-18)23(27)25-20-11-13-21(14-12-20)28-17-19-9-5-2-6-10-19/h2,5-7,9-14H,1,3-4,8,15-17H2,(H,24,26)(H,25,27). The predicted octanol–water partition coefficient (Wildman–Crippen LogP) is 4.21. The van der Waals surface area contributed by atoms with Crippen molar-refractivity contribution in [3.8, 4) is 5.75 Å². The summed E-state index contributed by atoms with van der Waals surface area (Å²) >= 11 is 0. The Morgan fingerprint density at radius 1 is 0.929 bits per heavy atom. The summed E-state index contributed by atoms with van der Waals surface area (Å²) < 4.78 is 5.71. The van der Waals surface area contributed by atoms with Crippen LogP contribution in [0.25, 0.3) is 0 Å². The molecule has 0 heterocycles. The average molecular weight is 378 g/mol. The van der Waals surface area contributed by atoms with E-state index in [9.17, 15) is 9.59 Å². The summed E-state index contributed by atoms with van der Waals surface area (Å²) in [4.78, 5) is 24.0. The fourth-order valence-corrected chi connectivity index (χ4v) is 3.11. The summed E-state index contributed by atoms with van der Waals surface area (Å²) in [7, 11) is 0. The molecule has 5 nitrogen and oxygen atoms in total. The van der Waals surface area contributed by atoms with E-state index < -0.39 is 11.8 Å². The van der Waals surface area contributed by atoms with Crippen LogP contribution < -0.4 is 15.4 Å². The summed E-state index contributed by atoms with van der Waals surface area (Å²) in [6.07, 6.45) is 7.73. The minimum absolute atomic E-state index is 0.478. The molecule has 0 bridgehead atoms. The van der Waals surface area contributed by atoms with Crippen LogP contribution in [0.3, 0.4) is 0 Å². The van der Waals surface area contributed by atoms with Crippen molar-refractivity contribution in [3.63, 3.8) is 0 Å². The largest absolute Gasteiger partial charge is 0.489 e. The van der Waals surface area contributed by atoms with Gasteiger partial charge in [0.2, 0.25) is 0 Å². The van der Waals surface area contributed by atoms with Crippen molar-refractivity contribution in [1.82, 2.24) is 5.32 Å². The third-order valence-corrected chi connectivity index (χ3v) is 4.68. The number of carbonyl (C=O) groups excluding carboxylic acids is 2. The van der Waals surface area contributed by atoms with E-state index >= 15 is 0 Å². The molecule has 2 N–H and O–H groups in total. The molecule has 2 aromatic carbocycles. The maximum atomic E-state index is 12.0. The van der Waals surface area contributed by atoms with Crippen LogP contribution in [0.2, 0.25) is 0 Å². The van der Waals surface area contributed by atoms with Crippen molar-refractivity contribution in [2.45, 2.75) is 38.7 Å². The smallest absolute Gasteiger partial charge is 0.313 e. The Labute approximate surface area is 165 Å². The van der Waals surface area contributed by atoms with Crippen LogP contribution in [0.4, 0.5) is 5.69 Å². The first-order chi connectivity index (χ1) is 13.7. The molecule has 28 heavy (non-hydrogen) atoms. The second-order valence-corrected chi connectivity index (χ2v) is 6.87. The van der Waals surface area contributed by atoms with Gasteiger partial charge in [-0.1, -0.05) is 42.0 Å². The van der Waals surface area contributed by atoms with Crippen molar-refractivity contribution >= 4 is 17.5 Å². The summed E-state index contributed by atoms with van der Waals surface area (Å²) in [5.41, 5.74) is 3.01. The first-order valence-electron chi connectivity index (χ1n) is 9.74. The molecule has 1 aliphatic rings. The van der Waals surface area contributed by atoms with E-state index in [0.717, 1.165) is 24.8 Å². The van der Waals surface area contributed by atoms with Gasteiger partial charge in [-0.2, -0.15) is 0 Å². The zero-order chi connectivity index (χ0) is 19.6. The van der Waals surface area contributed by atoms with Crippen LogP contribution in [0.5, 0.6) is 5.75 Å². The Morgan fingerprint density at radius 2 is 1.71 bits per heavy atom. The number of nitrogens with one attached hydrogen (secondary N) is 2. The predicted molar refractivity (Wildman–Crippen MR) is 110 cm³/mol. The third kappa shape index (κ3) is 6.27. The van der Waals surface area contributed by atoms with Gasteiger partial charge < -0.3 is 15.4 Å². The number of hydrogen-bond donors (Lipinski definition) is 2. The minimum atomic E-state index is -0.657. The normalized spacial score (nSPS) is 13.4. The Hall–Kier alpha value is -3.08. The maximum Gasteiger partial charge on any atom is 0.313 e. The Bertz CT molecular complexity index is 814. The fraction of sp³-hybridized carbons (Fsp3) is 0.304. The van der Waals surface area contributed by atoms with Crippen LogP contribution in [0.15, 0.2) is 66.2 Å². The lowest BCUT2D eigenvalue weighted by atomic mass is 9.97. The second-order valence-electron chi connectivity index (χ2n) is 6.87. The highest BCUT2D eigenvalue weighted by Crippen LogP contribution is 2.19. The number of carbonyl (C=O) groups is 2. The molecule has 0 atom stereocenters. The number of hydrogen-bond acceptors (Lipinski definition) is 3. The van der Waals surface area contributed by atoms with Gasteiger partial charge in [0.1, 0.15) is 12.4 Å². The molecule has 146 valence electrons. The van der Waals surface area contributed by atoms with E-state index in [0.29, 0.717) is 24.6 Å². The van der Waals surface area contributed by atoms with Gasteiger partial charge in [-0.25, -0.2) is 0 Å². The first kappa shape index (κ1) is 19.7. The molecule has 0 fully saturated rings. The minimum Gasteiger partial charge on any atom is -0.489 e. The van der Waals surface area contributed by atoms with Crippen LogP contribution in [0.1, 0.15) is 37.7 Å². The fourth-order valence-electron chi connectivity index (χ4n) is 3.11. The van der Waals surface area contributed by atoms with Gasteiger partial charge in [-0.3, -0.25) is 9.59 Å².